The van der Waals surface area contributed by atoms with E-state index in [0.29, 0.717) is 18.5 Å². The highest BCUT2D eigenvalue weighted by molar-refractivity contribution is 5.94. The molecule has 0 aliphatic carbocycles. The van der Waals surface area contributed by atoms with Crippen molar-refractivity contribution in [1.29, 1.82) is 0 Å². The Kier molecular flexibility index (Phi) is 4.65. The van der Waals surface area contributed by atoms with Crippen LogP contribution < -0.4 is 10.6 Å². The van der Waals surface area contributed by atoms with Crippen LogP contribution in [0.25, 0.3) is 5.69 Å². The van der Waals surface area contributed by atoms with E-state index in [1.807, 2.05) is 25.1 Å². The van der Waals surface area contributed by atoms with E-state index in [-0.39, 0.29) is 29.4 Å². The minimum absolute atomic E-state index is 0.0236. The predicted molar refractivity (Wildman–Crippen MR) is 103 cm³/mol. The summed E-state index contributed by atoms with van der Waals surface area (Å²) in [4.78, 5) is 24.0. The summed E-state index contributed by atoms with van der Waals surface area (Å²) >= 11 is 0. The SMILES string of the molecule is CC(NC(=O)c1ccn(-c2cccc(F)c2)n1)c1ccc2c(c1)CCC(=O)N2. The Hall–Kier alpha value is -3.48. The van der Waals surface area contributed by atoms with E-state index in [1.54, 1.807) is 24.4 Å². The number of fused-ring (bicyclic) bond motifs is 1. The minimum atomic E-state index is -0.365. The van der Waals surface area contributed by atoms with Crippen LogP contribution in [0.4, 0.5) is 10.1 Å². The van der Waals surface area contributed by atoms with Crippen molar-refractivity contribution in [2.75, 3.05) is 5.32 Å². The Morgan fingerprint density at radius 1 is 1.21 bits per heavy atom. The first-order valence-corrected chi connectivity index (χ1v) is 9.05. The number of amides is 2. The van der Waals surface area contributed by atoms with Gasteiger partial charge in [-0.05, 0) is 54.8 Å². The van der Waals surface area contributed by atoms with Gasteiger partial charge in [-0.2, -0.15) is 5.10 Å². The van der Waals surface area contributed by atoms with Gasteiger partial charge in [0.25, 0.3) is 5.91 Å². The summed E-state index contributed by atoms with van der Waals surface area (Å²) in [6.07, 6.45) is 2.78. The Morgan fingerprint density at radius 2 is 2.07 bits per heavy atom. The average molecular weight is 378 g/mol. The van der Waals surface area contributed by atoms with Gasteiger partial charge in [0.2, 0.25) is 5.91 Å². The average Bonchev–Trinajstić information content (AvgIpc) is 3.18. The molecule has 7 heteroatoms. The van der Waals surface area contributed by atoms with Crippen molar-refractivity contribution in [3.63, 3.8) is 0 Å². The van der Waals surface area contributed by atoms with Crippen LogP contribution in [0.5, 0.6) is 0 Å². The third kappa shape index (κ3) is 3.64. The molecule has 28 heavy (non-hydrogen) atoms. The van der Waals surface area contributed by atoms with Crippen LogP contribution in [0, 0.1) is 5.82 Å². The van der Waals surface area contributed by atoms with Crippen LogP contribution in [-0.4, -0.2) is 21.6 Å². The second kappa shape index (κ2) is 7.26. The second-order valence-electron chi connectivity index (χ2n) is 6.79. The fourth-order valence-electron chi connectivity index (χ4n) is 3.23. The molecule has 1 aliphatic heterocycles. The Morgan fingerprint density at radius 3 is 2.89 bits per heavy atom. The van der Waals surface area contributed by atoms with Gasteiger partial charge in [0.15, 0.2) is 5.69 Å². The monoisotopic (exact) mass is 378 g/mol. The van der Waals surface area contributed by atoms with Gasteiger partial charge in [-0.15, -0.1) is 0 Å². The van der Waals surface area contributed by atoms with Gasteiger partial charge in [-0.25, -0.2) is 9.07 Å². The number of rotatable bonds is 4. The van der Waals surface area contributed by atoms with Gasteiger partial charge >= 0.3 is 0 Å². The summed E-state index contributed by atoms with van der Waals surface area (Å²) in [5.74, 6) is -0.652. The van der Waals surface area contributed by atoms with E-state index in [2.05, 4.69) is 15.7 Å². The lowest BCUT2D eigenvalue weighted by Crippen LogP contribution is -2.27. The summed E-state index contributed by atoms with van der Waals surface area (Å²) in [6, 6.07) is 13.1. The Bertz CT molecular complexity index is 1060. The van der Waals surface area contributed by atoms with Gasteiger partial charge in [-0.3, -0.25) is 9.59 Å². The molecule has 0 spiro atoms. The first-order valence-electron chi connectivity index (χ1n) is 9.05. The van der Waals surface area contributed by atoms with Crippen LogP contribution in [0.15, 0.2) is 54.7 Å². The molecule has 142 valence electrons. The number of hydrogen-bond donors (Lipinski definition) is 2. The zero-order valence-electron chi connectivity index (χ0n) is 15.3. The molecule has 3 aromatic rings. The Balaban J connectivity index is 1.47. The van der Waals surface area contributed by atoms with Crippen molar-refractivity contribution in [3.05, 3.63) is 77.4 Å². The molecule has 4 rings (SSSR count). The molecule has 2 amide bonds. The molecule has 0 bridgehead atoms. The van der Waals surface area contributed by atoms with E-state index in [9.17, 15) is 14.0 Å². The molecule has 0 radical (unpaired) electrons. The molecule has 2 aromatic carbocycles. The number of nitrogens with one attached hydrogen (secondary N) is 2. The molecule has 0 saturated heterocycles. The van der Waals surface area contributed by atoms with Crippen molar-refractivity contribution >= 4 is 17.5 Å². The number of hydrogen-bond acceptors (Lipinski definition) is 3. The van der Waals surface area contributed by atoms with E-state index in [0.717, 1.165) is 16.8 Å². The molecule has 2 heterocycles. The number of carbonyl (C=O) groups excluding carboxylic acids is 2. The number of carbonyl (C=O) groups is 2. The molecule has 0 fully saturated rings. The highest BCUT2D eigenvalue weighted by Crippen LogP contribution is 2.26. The molecule has 6 nitrogen and oxygen atoms in total. The number of anilines is 1. The first kappa shape index (κ1) is 17.9. The molecular formula is C21H19FN4O2. The van der Waals surface area contributed by atoms with E-state index in [1.165, 1.54) is 16.8 Å². The highest BCUT2D eigenvalue weighted by Gasteiger charge is 2.18. The minimum Gasteiger partial charge on any atom is -0.344 e. The predicted octanol–water partition coefficient (Wildman–Crippen LogP) is 3.39. The molecule has 1 aliphatic rings. The van der Waals surface area contributed by atoms with Gasteiger partial charge < -0.3 is 10.6 Å². The molecular weight excluding hydrogens is 359 g/mol. The zero-order chi connectivity index (χ0) is 19.7. The van der Waals surface area contributed by atoms with Crippen LogP contribution in [0.3, 0.4) is 0 Å². The van der Waals surface area contributed by atoms with Crippen molar-refractivity contribution in [3.8, 4) is 5.69 Å². The maximum absolute atomic E-state index is 13.4. The summed E-state index contributed by atoms with van der Waals surface area (Å²) in [5, 5.41) is 10.0. The molecule has 1 unspecified atom stereocenters. The van der Waals surface area contributed by atoms with Crippen LogP contribution in [0.2, 0.25) is 0 Å². The molecule has 2 N–H and O–H groups in total. The largest absolute Gasteiger partial charge is 0.344 e. The van der Waals surface area contributed by atoms with E-state index >= 15 is 0 Å². The lowest BCUT2D eigenvalue weighted by molar-refractivity contribution is -0.116. The van der Waals surface area contributed by atoms with Gasteiger partial charge in [0, 0.05) is 18.3 Å². The summed E-state index contributed by atoms with van der Waals surface area (Å²) in [5.41, 5.74) is 3.64. The maximum atomic E-state index is 13.4. The third-order valence-electron chi connectivity index (χ3n) is 4.77. The summed E-state index contributed by atoms with van der Waals surface area (Å²) < 4.78 is 14.8. The van der Waals surface area contributed by atoms with Gasteiger partial charge in [-0.1, -0.05) is 18.2 Å². The quantitative estimate of drug-likeness (QED) is 0.731. The van der Waals surface area contributed by atoms with Crippen molar-refractivity contribution in [1.82, 2.24) is 15.1 Å². The number of nitrogens with zero attached hydrogens (tertiary/aromatic N) is 2. The zero-order valence-corrected chi connectivity index (χ0v) is 15.3. The molecule has 1 atom stereocenters. The third-order valence-corrected chi connectivity index (χ3v) is 4.77. The van der Waals surface area contributed by atoms with Crippen LogP contribution in [-0.2, 0) is 11.2 Å². The highest BCUT2D eigenvalue weighted by atomic mass is 19.1. The lowest BCUT2D eigenvalue weighted by atomic mass is 9.98. The summed E-state index contributed by atoms with van der Waals surface area (Å²) in [7, 11) is 0. The van der Waals surface area contributed by atoms with Gasteiger partial charge in [0.05, 0.1) is 11.7 Å². The maximum Gasteiger partial charge on any atom is 0.272 e. The van der Waals surface area contributed by atoms with Crippen molar-refractivity contribution in [2.45, 2.75) is 25.8 Å². The second-order valence-corrected chi connectivity index (χ2v) is 6.79. The summed E-state index contributed by atoms with van der Waals surface area (Å²) in [6.45, 7) is 1.89. The van der Waals surface area contributed by atoms with Crippen molar-refractivity contribution < 1.29 is 14.0 Å². The number of aromatic nitrogens is 2. The van der Waals surface area contributed by atoms with E-state index < -0.39 is 0 Å². The van der Waals surface area contributed by atoms with Crippen molar-refractivity contribution in [2.24, 2.45) is 0 Å². The number of halogens is 1. The number of aryl methyl sites for hydroxylation is 1. The molecule has 0 saturated carbocycles. The van der Waals surface area contributed by atoms with Crippen LogP contribution >= 0.6 is 0 Å². The lowest BCUT2D eigenvalue weighted by Gasteiger charge is -2.20. The number of benzene rings is 2. The van der Waals surface area contributed by atoms with Gasteiger partial charge in [0.1, 0.15) is 5.82 Å². The smallest absolute Gasteiger partial charge is 0.272 e. The standard InChI is InChI=1S/C21H19FN4O2/c1-13(14-5-7-18-15(11-14)6-8-20(27)24-18)23-21(28)19-9-10-26(25-19)17-4-2-3-16(22)12-17/h2-5,7,9-13H,6,8H2,1H3,(H,23,28)(H,24,27). The fourth-order valence-corrected chi connectivity index (χ4v) is 3.23. The normalized spacial score (nSPS) is 14.1. The topological polar surface area (TPSA) is 76.0 Å². The molecule has 1 aromatic heterocycles. The Labute approximate surface area is 161 Å². The van der Waals surface area contributed by atoms with Crippen LogP contribution in [0.1, 0.15) is 41.0 Å². The first-order chi connectivity index (χ1) is 13.5. The fraction of sp³-hybridized carbons (Fsp3) is 0.190. The van der Waals surface area contributed by atoms with E-state index in [4.69, 9.17) is 0 Å².